The van der Waals surface area contributed by atoms with Crippen molar-refractivity contribution in [2.24, 2.45) is 5.92 Å². The van der Waals surface area contributed by atoms with Gasteiger partial charge in [0, 0.05) is 18.3 Å². The summed E-state index contributed by atoms with van der Waals surface area (Å²) in [6.07, 6.45) is 8.82. The number of rotatable bonds is 5. The molecule has 0 aliphatic heterocycles. The maximum Gasteiger partial charge on any atom is 0.354 e. The van der Waals surface area contributed by atoms with E-state index >= 15 is 0 Å². The fourth-order valence-electron chi connectivity index (χ4n) is 1.80. The number of carbonyl (C=O) groups is 2. The number of hydrogen-bond acceptors (Lipinski definition) is 3. The van der Waals surface area contributed by atoms with Crippen LogP contribution in [-0.2, 0) is 0 Å². The zero-order valence-corrected chi connectivity index (χ0v) is 10.4. The van der Waals surface area contributed by atoms with E-state index in [9.17, 15) is 9.59 Å². The highest BCUT2D eigenvalue weighted by atomic mass is 16.4. The number of terminal acetylenes is 1. The molecule has 0 spiro atoms. The van der Waals surface area contributed by atoms with Gasteiger partial charge in [-0.1, -0.05) is 5.92 Å². The molecule has 0 atom stereocenters. The van der Waals surface area contributed by atoms with E-state index in [-0.39, 0.29) is 18.1 Å². The fourth-order valence-corrected chi connectivity index (χ4v) is 1.80. The largest absolute Gasteiger partial charge is 0.477 e. The van der Waals surface area contributed by atoms with Crippen LogP contribution < -0.4 is 0 Å². The molecule has 1 heterocycles. The summed E-state index contributed by atoms with van der Waals surface area (Å²) in [4.78, 5) is 28.4. The van der Waals surface area contributed by atoms with E-state index in [0.29, 0.717) is 18.0 Å². The van der Waals surface area contributed by atoms with Gasteiger partial charge in [-0.2, -0.15) is 0 Å². The number of aromatic carboxylic acids is 1. The molecule has 1 N–H and O–H groups in total. The van der Waals surface area contributed by atoms with Crippen LogP contribution in [0.15, 0.2) is 18.3 Å². The Morgan fingerprint density at radius 3 is 2.84 bits per heavy atom. The minimum Gasteiger partial charge on any atom is -0.477 e. The van der Waals surface area contributed by atoms with Crippen LogP contribution in [0.1, 0.15) is 33.7 Å². The molecule has 0 bridgehead atoms. The summed E-state index contributed by atoms with van der Waals surface area (Å²) < 4.78 is 0. The van der Waals surface area contributed by atoms with Gasteiger partial charge in [-0.05, 0) is 30.9 Å². The van der Waals surface area contributed by atoms with Crippen LogP contribution in [0.5, 0.6) is 0 Å². The lowest BCUT2D eigenvalue weighted by atomic mass is 10.2. The summed E-state index contributed by atoms with van der Waals surface area (Å²) in [6.45, 7) is 0.869. The van der Waals surface area contributed by atoms with Gasteiger partial charge in [0.1, 0.15) is 5.69 Å². The first-order valence-corrected chi connectivity index (χ1v) is 6.04. The normalized spacial score (nSPS) is 13.6. The highest BCUT2D eigenvalue weighted by Gasteiger charge is 2.27. The van der Waals surface area contributed by atoms with Crippen molar-refractivity contribution in [2.75, 3.05) is 13.1 Å². The van der Waals surface area contributed by atoms with Crippen molar-refractivity contribution in [3.05, 3.63) is 29.6 Å². The molecule has 1 aliphatic rings. The number of aromatic nitrogens is 1. The second-order valence-corrected chi connectivity index (χ2v) is 4.57. The zero-order valence-electron chi connectivity index (χ0n) is 10.4. The van der Waals surface area contributed by atoms with Gasteiger partial charge in [0.25, 0.3) is 5.91 Å². The zero-order chi connectivity index (χ0) is 13.8. The summed E-state index contributed by atoms with van der Waals surface area (Å²) in [5, 5.41) is 8.87. The summed E-state index contributed by atoms with van der Waals surface area (Å²) >= 11 is 0. The summed E-state index contributed by atoms with van der Waals surface area (Å²) in [6, 6.07) is 2.78. The van der Waals surface area contributed by atoms with Crippen LogP contribution in [-0.4, -0.2) is 40.0 Å². The topological polar surface area (TPSA) is 70.5 Å². The van der Waals surface area contributed by atoms with Gasteiger partial charge in [-0.3, -0.25) is 4.79 Å². The van der Waals surface area contributed by atoms with Crippen molar-refractivity contribution in [2.45, 2.75) is 12.8 Å². The van der Waals surface area contributed by atoms with Gasteiger partial charge in [0.2, 0.25) is 0 Å². The van der Waals surface area contributed by atoms with E-state index in [4.69, 9.17) is 11.5 Å². The first-order chi connectivity index (χ1) is 9.11. The molecule has 5 heteroatoms. The Kier molecular flexibility index (Phi) is 3.81. The van der Waals surface area contributed by atoms with Crippen LogP contribution in [0.25, 0.3) is 0 Å². The van der Waals surface area contributed by atoms with Crippen LogP contribution in [0, 0.1) is 18.3 Å². The first kappa shape index (κ1) is 13.1. The Balaban J connectivity index is 2.17. The molecule has 0 unspecified atom stereocenters. The molecule has 1 aromatic heterocycles. The lowest BCUT2D eigenvalue weighted by Gasteiger charge is -2.20. The molecule has 1 saturated carbocycles. The lowest BCUT2D eigenvalue weighted by Crippen LogP contribution is -2.33. The Hall–Kier alpha value is -2.35. The molecule has 5 nitrogen and oxygen atoms in total. The van der Waals surface area contributed by atoms with Crippen molar-refractivity contribution in [1.29, 1.82) is 0 Å². The monoisotopic (exact) mass is 258 g/mol. The van der Waals surface area contributed by atoms with Gasteiger partial charge in [0.05, 0.1) is 6.54 Å². The second kappa shape index (κ2) is 5.53. The molecule has 0 radical (unpaired) electrons. The van der Waals surface area contributed by atoms with Crippen LogP contribution in [0.2, 0.25) is 0 Å². The SMILES string of the molecule is C#CCN(CC1CC1)C(=O)c1ccnc(C(=O)O)c1. The summed E-state index contributed by atoms with van der Waals surface area (Å²) in [5.74, 6) is 1.59. The Morgan fingerprint density at radius 1 is 1.53 bits per heavy atom. The van der Waals surface area contributed by atoms with Gasteiger partial charge < -0.3 is 10.0 Å². The highest BCUT2D eigenvalue weighted by Crippen LogP contribution is 2.30. The molecule has 2 rings (SSSR count). The van der Waals surface area contributed by atoms with Crippen molar-refractivity contribution in [1.82, 2.24) is 9.88 Å². The third-order valence-corrected chi connectivity index (χ3v) is 2.97. The standard InChI is InChI=1S/C14H14N2O3/c1-2-7-16(9-10-3-4-10)13(17)11-5-6-15-12(8-11)14(18)19/h1,5-6,8,10H,3-4,7,9H2,(H,18,19). The van der Waals surface area contributed by atoms with Gasteiger partial charge in [-0.25, -0.2) is 9.78 Å². The number of carbonyl (C=O) groups excluding carboxylic acids is 1. The Bertz CT molecular complexity index is 544. The minimum absolute atomic E-state index is 0.141. The molecular formula is C14H14N2O3. The van der Waals surface area contributed by atoms with Crippen molar-refractivity contribution in [3.63, 3.8) is 0 Å². The Labute approximate surface area is 111 Å². The highest BCUT2D eigenvalue weighted by molar-refractivity contribution is 5.96. The summed E-state index contributed by atoms with van der Waals surface area (Å²) in [7, 11) is 0. The van der Waals surface area contributed by atoms with E-state index in [1.807, 2.05) is 0 Å². The maximum atomic E-state index is 12.3. The van der Waals surface area contributed by atoms with Gasteiger partial charge in [0.15, 0.2) is 0 Å². The van der Waals surface area contributed by atoms with E-state index in [1.54, 1.807) is 4.90 Å². The van der Waals surface area contributed by atoms with Crippen LogP contribution in [0.3, 0.4) is 0 Å². The number of nitrogens with zero attached hydrogens (tertiary/aromatic N) is 2. The quantitative estimate of drug-likeness (QED) is 0.807. The summed E-state index contributed by atoms with van der Waals surface area (Å²) in [5.41, 5.74) is 0.168. The second-order valence-electron chi connectivity index (χ2n) is 4.57. The van der Waals surface area contributed by atoms with E-state index in [2.05, 4.69) is 10.9 Å². The predicted octanol–water partition coefficient (Wildman–Crippen LogP) is 1.27. The maximum absolute atomic E-state index is 12.3. The average molecular weight is 258 g/mol. The van der Waals surface area contributed by atoms with E-state index < -0.39 is 5.97 Å². The predicted molar refractivity (Wildman–Crippen MR) is 68.7 cm³/mol. The van der Waals surface area contributed by atoms with E-state index in [1.165, 1.54) is 18.3 Å². The fraction of sp³-hybridized carbons (Fsp3) is 0.357. The minimum atomic E-state index is -1.15. The number of carboxylic acids is 1. The first-order valence-electron chi connectivity index (χ1n) is 6.04. The third kappa shape index (κ3) is 3.32. The van der Waals surface area contributed by atoms with Crippen LogP contribution >= 0.6 is 0 Å². The molecular weight excluding hydrogens is 244 g/mol. The number of hydrogen-bond donors (Lipinski definition) is 1. The number of carboxylic acid groups (broad SMARTS) is 1. The molecule has 1 aromatic rings. The molecule has 1 fully saturated rings. The lowest BCUT2D eigenvalue weighted by molar-refractivity contribution is 0.0690. The van der Waals surface area contributed by atoms with Crippen molar-refractivity contribution >= 4 is 11.9 Å². The van der Waals surface area contributed by atoms with Gasteiger partial charge in [-0.15, -0.1) is 6.42 Å². The van der Waals surface area contributed by atoms with Crippen molar-refractivity contribution < 1.29 is 14.7 Å². The molecule has 98 valence electrons. The average Bonchev–Trinajstić information content (AvgIpc) is 3.21. The Morgan fingerprint density at radius 2 is 2.26 bits per heavy atom. The van der Waals surface area contributed by atoms with Crippen LogP contribution in [0.4, 0.5) is 0 Å². The number of pyridine rings is 1. The molecule has 1 aliphatic carbocycles. The third-order valence-electron chi connectivity index (χ3n) is 2.97. The number of amides is 1. The van der Waals surface area contributed by atoms with Crippen molar-refractivity contribution in [3.8, 4) is 12.3 Å². The molecule has 1 amide bonds. The molecule has 19 heavy (non-hydrogen) atoms. The van der Waals surface area contributed by atoms with E-state index in [0.717, 1.165) is 12.8 Å². The molecule has 0 saturated heterocycles. The molecule has 0 aromatic carbocycles. The smallest absolute Gasteiger partial charge is 0.354 e. The van der Waals surface area contributed by atoms with Gasteiger partial charge >= 0.3 is 5.97 Å².